The fourth-order valence-corrected chi connectivity index (χ4v) is 9.40. The Morgan fingerprint density at radius 3 is 2.20 bits per heavy atom. The van der Waals surface area contributed by atoms with E-state index >= 15 is 4.79 Å². The Bertz CT molecular complexity index is 2060. The maximum absolute atomic E-state index is 15.1. The highest BCUT2D eigenvalue weighted by Gasteiger charge is 2.65. The van der Waals surface area contributed by atoms with E-state index in [1.54, 1.807) is 29.6 Å². The number of hydrogen-bond acceptors (Lipinski definition) is 8. The molecule has 0 saturated carbocycles. The molecule has 3 saturated heterocycles. The number of hydrogen-bond donors (Lipinski definition) is 2. The second-order valence-corrected chi connectivity index (χ2v) is 16.1. The summed E-state index contributed by atoms with van der Waals surface area (Å²) in [4.78, 5) is 46.3. The fraction of sp³-hybridized carbons (Fsp3) is 0.465. The van der Waals surface area contributed by atoms with Crippen molar-refractivity contribution in [3.63, 3.8) is 0 Å². The van der Waals surface area contributed by atoms with Crippen molar-refractivity contribution in [3.8, 4) is 0 Å². The zero-order chi connectivity index (χ0) is 38.5. The number of carbonyl (C=O) groups excluding carboxylic acids is 3. The maximum Gasteiger partial charge on any atom is 0.264 e. The molecular weight excluding hydrogens is 697 g/mol. The van der Waals surface area contributed by atoms with E-state index in [0.717, 1.165) is 42.6 Å². The number of anilines is 3. The van der Waals surface area contributed by atoms with Crippen molar-refractivity contribution in [2.24, 2.45) is 11.8 Å². The molecule has 5 atom stereocenters. The molecule has 0 unspecified atom stereocenters. The van der Waals surface area contributed by atoms with Gasteiger partial charge in [-0.15, -0.1) is 5.10 Å². The van der Waals surface area contributed by atoms with Crippen LogP contribution in [0, 0.1) is 11.8 Å². The second-order valence-electron chi connectivity index (χ2n) is 16.1. The number of benzene rings is 3. The number of aliphatic hydroxyl groups is 2. The van der Waals surface area contributed by atoms with Crippen LogP contribution in [0.15, 0.2) is 79.0 Å². The summed E-state index contributed by atoms with van der Waals surface area (Å²) in [6.45, 7) is 7.49. The molecule has 55 heavy (non-hydrogen) atoms. The summed E-state index contributed by atoms with van der Waals surface area (Å²) in [6.07, 6.45) is 5.36. The number of ether oxygens (including phenoxy) is 1. The first kappa shape index (κ1) is 37.0. The minimum absolute atomic E-state index is 0.0610. The summed E-state index contributed by atoms with van der Waals surface area (Å²) in [5.74, 6) is -0.905. The average Bonchev–Trinajstić information content (AvgIpc) is 3.85. The van der Waals surface area contributed by atoms with Crippen LogP contribution in [0.5, 0.6) is 0 Å². The summed E-state index contributed by atoms with van der Waals surface area (Å²) in [7, 11) is 0. The quantitative estimate of drug-likeness (QED) is 0.212. The van der Waals surface area contributed by atoms with Crippen LogP contribution in [0.4, 0.5) is 17.1 Å². The molecule has 12 nitrogen and oxygen atoms in total. The van der Waals surface area contributed by atoms with Crippen LogP contribution >= 0.6 is 0 Å². The minimum atomic E-state index is -1.42. The molecule has 4 aromatic rings. The highest BCUT2D eigenvalue weighted by atomic mass is 16.5. The van der Waals surface area contributed by atoms with E-state index in [9.17, 15) is 19.8 Å². The summed E-state index contributed by atoms with van der Waals surface area (Å²) >= 11 is 0. The van der Waals surface area contributed by atoms with Crippen molar-refractivity contribution in [2.75, 3.05) is 27.8 Å². The SMILES string of the molecule is C[C@@H]1[C@@H](C(C)(C)O)[C@H](CCn2cc([C@H](O)c3ccccc3)nn2)O[C@@]12C(=O)N(Cc1ccc(N3CCCCC3=O)cc1)c1ccc(N3CCCCC3=O)cc12. The topological polar surface area (TPSA) is 141 Å². The van der Waals surface area contributed by atoms with Gasteiger partial charge < -0.3 is 29.6 Å². The summed E-state index contributed by atoms with van der Waals surface area (Å²) in [5, 5.41) is 31.2. The molecule has 0 bridgehead atoms. The van der Waals surface area contributed by atoms with E-state index in [4.69, 9.17) is 4.74 Å². The molecule has 3 amide bonds. The monoisotopic (exact) mass is 746 g/mol. The molecule has 288 valence electrons. The van der Waals surface area contributed by atoms with Gasteiger partial charge in [0, 0.05) is 61.2 Å². The van der Waals surface area contributed by atoms with Gasteiger partial charge in [-0.2, -0.15) is 0 Å². The zero-order valence-corrected chi connectivity index (χ0v) is 31.8. The first-order chi connectivity index (χ1) is 26.5. The van der Waals surface area contributed by atoms with Gasteiger partial charge in [0.05, 0.1) is 30.1 Å². The average molecular weight is 747 g/mol. The minimum Gasteiger partial charge on any atom is -0.390 e. The molecule has 3 fully saturated rings. The predicted octanol–water partition coefficient (Wildman–Crippen LogP) is 5.65. The molecule has 0 radical (unpaired) electrons. The van der Waals surface area contributed by atoms with Crippen molar-refractivity contribution >= 4 is 34.8 Å². The lowest BCUT2D eigenvalue weighted by molar-refractivity contribution is -0.146. The number of carbonyl (C=O) groups is 3. The third kappa shape index (κ3) is 6.74. The van der Waals surface area contributed by atoms with Crippen molar-refractivity contribution in [1.82, 2.24) is 15.0 Å². The molecular formula is C43H50N6O6. The maximum atomic E-state index is 15.1. The van der Waals surface area contributed by atoms with E-state index in [1.807, 2.05) is 89.5 Å². The summed E-state index contributed by atoms with van der Waals surface area (Å²) < 4.78 is 8.75. The van der Waals surface area contributed by atoms with Crippen LogP contribution in [0.2, 0.25) is 0 Å². The number of amides is 3. The van der Waals surface area contributed by atoms with Gasteiger partial charge in [-0.25, -0.2) is 0 Å². The Kier molecular flexibility index (Phi) is 9.85. The highest BCUT2D eigenvalue weighted by molar-refractivity contribution is 6.08. The number of nitrogens with zero attached hydrogens (tertiary/aromatic N) is 6. The number of piperidine rings is 2. The van der Waals surface area contributed by atoms with Crippen LogP contribution in [0.3, 0.4) is 0 Å². The number of fused-ring (bicyclic) bond motifs is 2. The molecule has 3 aromatic carbocycles. The lowest BCUT2D eigenvalue weighted by atomic mass is 9.70. The molecule has 1 aromatic heterocycles. The lowest BCUT2D eigenvalue weighted by Crippen LogP contribution is -2.46. The van der Waals surface area contributed by atoms with Crippen molar-refractivity contribution in [3.05, 3.63) is 101 Å². The third-order valence-electron chi connectivity index (χ3n) is 12.1. The van der Waals surface area contributed by atoms with Gasteiger partial charge in [-0.3, -0.25) is 19.1 Å². The number of aryl methyl sites for hydroxylation is 1. The van der Waals surface area contributed by atoms with Crippen LogP contribution in [-0.4, -0.2) is 67.7 Å². The van der Waals surface area contributed by atoms with Crippen molar-refractivity contribution in [1.29, 1.82) is 0 Å². The Balaban J connectivity index is 1.11. The summed E-state index contributed by atoms with van der Waals surface area (Å²) in [5.41, 5.74) is 2.42. The molecule has 8 rings (SSSR count). The normalized spacial score (nSPS) is 24.9. The Morgan fingerprint density at radius 1 is 0.891 bits per heavy atom. The van der Waals surface area contributed by atoms with Gasteiger partial charge in [-0.05, 0) is 87.4 Å². The fourth-order valence-electron chi connectivity index (χ4n) is 9.40. The van der Waals surface area contributed by atoms with Crippen LogP contribution in [-0.2, 0) is 37.8 Å². The molecule has 4 aliphatic rings. The largest absolute Gasteiger partial charge is 0.390 e. The predicted molar refractivity (Wildman–Crippen MR) is 207 cm³/mol. The van der Waals surface area contributed by atoms with Crippen molar-refractivity contribution < 1.29 is 29.3 Å². The standard InChI is InChI=1S/C43H50N6O6/c1-28-39(42(2,3)54)36(21-24-46-27-34(44-45-46)40(52)30-11-5-4-6-12-30)55-43(28)33-25-32(48-23-10-8-14-38(48)51)19-20-35(33)49(41(43)53)26-29-15-17-31(18-16-29)47-22-9-7-13-37(47)50/h4-6,11-12,15-20,25,27-28,36,39-40,52,54H,7-10,13-14,21-24,26H2,1-3H3/t28-,36+,39-,40-,43+/m1/s1. The molecule has 4 aliphatic heterocycles. The van der Waals surface area contributed by atoms with E-state index in [0.29, 0.717) is 61.4 Å². The first-order valence-electron chi connectivity index (χ1n) is 19.6. The van der Waals surface area contributed by atoms with Gasteiger partial charge in [0.25, 0.3) is 5.91 Å². The molecule has 1 spiro atoms. The number of rotatable bonds is 10. The van der Waals surface area contributed by atoms with E-state index < -0.39 is 35.2 Å². The Labute approximate surface area is 321 Å². The van der Waals surface area contributed by atoms with Crippen LogP contribution < -0.4 is 14.7 Å². The molecule has 0 aliphatic carbocycles. The smallest absolute Gasteiger partial charge is 0.264 e. The molecule has 12 heteroatoms. The highest BCUT2D eigenvalue weighted by Crippen LogP contribution is 2.58. The van der Waals surface area contributed by atoms with Gasteiger partial charge >= 0.3 is 0 Å². The lowest BCUT2D eigenvalue weighted by Gasteiger charge is -2.34. The van der Waals surface area contributed by atoms with Crippen molar-refractivity contribution in [2.45, 2.75) is 102 Å². The van der Waals surface area contributed by atoms with E-state index in [2.05, 4.69) is 10.3 Å². The van der Waals surface area contributed by atoms with Crippen LogP contribution in [0.25, 0.3) is 0 Å². The Morgan fingerprint density at radius 2 is 1.55 bits per heavy atom. The Hall–Kier alpha value is -4.91. The van der Waals surface area contributed by atoms with Crippen LogP contribution in [0.1, 0.15) is 94.2 Å². The second kappa shape index (κ2) is 14.6. The summed E-state index contributed by atoms with van der Waals surface area (Å²) in [6, 6.07) is 22.9. The van der Waals surface area contributed by atoms with Gasteiger partial charge in [0.15, 0.2) is 5.60 Å². The number of aliphatic hydroxyl groups excluding tert-OH is 1. The zero-order valence-electron chi connectivity index (χ0n) is 31.8. The van der Waals surface area contributed by atoms with E-state index in [1.165, 1.54) is 0 Å². The van der Waals surface area contributed by atoms with Gasteiger partial charge in [0.1, 0.15) is 11.8 Å². The van der Waals surface area contributed by atoms with E-state index in [-0.39, 0.29) is 24.3 Å². The first-order valence-corrected chi connectivity index (χ1v) is 19.6. The van der Waals surface area contributed by atoms with Gasteiger partial charge in [-0.1, -0.05) is 54.6 Å². The number of aromatic nitrogens is 3. The molecule has 2 N–H and O–H groups in total. The molecule has 5 heterocycles. The van der Waals surface area contributed by atoms with Gasteiger partial charge in [0.2, 0.25) is 11.8 Å². The third-order valence-corrected chi connectivity index (χ3v) is 12.1.